The monoisotopic (exact) mass is 491 g/mol. The fourth-order valence-corrected chi connectivity index (χ4v) is 10.6. The number of nitrogens with one attached hydrogen (secondary N) is 1. The molecular weight excluding hydrogens is 468 g/mol. The molecule has 0 radical (unpaired) electrons. The van der Waals surface area contributed by atoms with Crippen molar-refractivity contribution in [2.75, 3.05) is 0 Å². The van der Waals surface area contributed by atoms with Gasteiger partial charge in [0.25, 0.3) is 0 Å². The topological polar surface area (TPSA) is 29.1 Å². The number of amides is 1. The molecule has 4 aromatic rings. The molecular formula is C28H24Cl2NOP. The summed E-state index contributed by atoms with van der Waals surface area (Å²) in [5.74, 6) is -4.18. The molecule has 0 atom stereocenters. The van der Waals surface area contributed by atoms with E-state index >= 15 is 0 Å². The maximum atomic E-state index is 13.4. The molecule has 1 N–H and O–H groups in total. The van der Waals surface area contributed by atoms with E-state index in [4.69, 9.17) is 22.8 Å². The summed E-state index contributed by atoms with van der Waals surface area (Å²) in [5, 5.41) is 5.76. The molecule has 166 valence electrons. The summed E-state index contributed by atoms with van der Waals surface area (Å²) in [7, 11) is 0. The van der Waals surface area contributed by atoms with Crippen molar-refractivity contribution in [3.63, 3.8) is 0 Å². The third kappa shape index (κ3) is 4.00. The van der Waals surface area contributed by atoms with Gasteiger partial charge in [-0.15, -0.1) is 0 Å². The van der Waals surface area contributed by atoms with Crippen LogP contribution in [-0.4, -0.2) is 5.91 Å². The van der Waals surface area contributed by atoms with E-state index < -0.39 is 5.96 Å². The summed E-state index contributed by atoms with van der Waals surface area (Å²) in [4.78, 5) is 13.4. The molecule has 0 saturated carbocycles. The second kappa shape index (κ2) is 9.53. The molecule has 0 unspecified atom stereocenters. The van der Waals surface area contributed by atoms with Gasteiger partial charge >= 0.3 is 205 Å². The van der Waals surface area contributed by atoms with Gasteiger partial charge in [0.05, 0.1) is 0 Å². The van der Waals surface area contributed by atoms with Gasteiger partial charge in [-0.05, 0) is 0 Å². The Labute approximate surface area is 204 Å². The fraction of sp³-hybridized carbons (Fsp3) is 0.0357. The summed E-state index contributed by atoms with van der Waals surface area (Å²) in [6.07, 6.45) is 0. The van der Waals surface area contributed by atoms with Crippen LogP contribution in [0, 0.1) is 6.92 Å². The van der Waals surface area contributed by atoms with Gasteiger partial charge in [-0.3, -0.25) is 0 Å². The maximum absolute atomic E-state index is 13.4. The number of aryl methyl sites for hydroxylation is 1. The fourth-order valence-electron chi connectivity index (χ4n) is 4.11. The Hall–Kier alpha value is -2.90. The number of halogens is 2. The normalized spacial score (nSPS) is 13.1. The van der Waals surface area contributed by atoms with E-state index in [1.165, 1.54) is 5.54 Å². The van der Waals surface area contributed by atoms with E-state index in [9.17, 15) is 4.79 Å². The Balaban J connectivity index is 2.01. The first-order valence-electron chi connectivity index (χ1n) is 10.6. The molecule has 2 nitrogen and oxygen atoms in total. The van der Waals surface area contributed by atoms with Gasteiger partial charge in [0, 0.05) is 0 Å². The number of hydrogen-bond acceptors (Lipinski definition) is 1. The summed E-state index contributed by atoms with van der Waals surface area (Å²) in [6, 6.07) is 37.0. The SMILES string of the molecule is Cc1ccc(C(=O)N/C(=C\Cl)P(Cl)(c2ccccc2)(c2ccccc2)c2ccccc2)cc1. The Morgan fingerprint density at radius 3 is 1.45 bits per heavy atom. The van der Waals surface area contributed by atoms with Gasteiger partial charge in [0.2, 0.25) is 0 Å². The predicted octanol–water partition coefficient (Wildman–Crippen LogP) is 6.45. The molecule has 0 aliphatic heterocycles. The number of carbonyl (C=O) groups excluding carboxylic acids is 1. The zero-order chi connectivity index (χ0) is 23.3. The Bertz CT molecular complexity index is 1170. The second-order valence-corrected chi connectivity index (χ2v) is 14.1. The average Bonchev–Trinajstić information content (AvgIpc) is 2.88. The minimum absolute atomic E-state index is 0.264. The van der Waals surface area contributed by atoms with Crippen LogP contribution in [0.3, 0.4) is 0 Å². The van der Waals surface area contributed by atoms with Gasteiger partial charge in [-0.2, -0.15) is 0 Å². The third-order valence-electron chi connectivity index (χ3n) is 5.83. The van der Waals surface area contributed by atoms with Crippen LogP contribution in [0.5, 0.6) is 0 Å². The second-order valence-electron chi connectivity index (χ2n) is 7.83. The summed E-state index contributed by atoms with van der Waals surface area (Å²) in [5.41, 5.74) is 3.50. The van der Waals surface area contributed by atoms with Crippen molar-refractivity contribution < 1.29 is 4.79 Å². The van der Waals surface area contributed by atoms with Crippen LogP contribution >= 0.6 is 28.8 Å². The molecule has 4 aromatic carbocycles. The summed E-state index contributed by atoms with van der Waals surface area (Å²) < 4.78 is 0. The third-order valence-corrected chi connectivity index (χ3v) is 13.5. The molecule has 0 heterocycles. The van der Waals surface area contributed by atoms with Crippen LogP contribution in [-0.2, 0) is 0 Å². The van der Waals surface area contributed by atoms with E-state index in [0.717, 1.165) is 21.5 Å². The van der Waals surface area contributed by atoms with E-state index in [2.05, 4.69) is 5.32 Å². The zero-order valence-electron chi connectivity index (χ0n) is 18.2. The number of hydrogen-bond donors (Lipinski definition) is 1. The quantitative estimate of drug-likeness (QED) is 0.308. The predicted molar refractivity (Wildman–Crippen MR) is 144 cm³/mol. The molecule has 0 aliphatic rings. The van der Waals surface area contributed by atoms with Crippen LogP contribution in [0.2, 0.25) is 0 Å². The van der Waals surface area contributed by atoms with Crippen LogP contribution < -0.4 is 21.2 Å². The van der Waals surface area contributed by atoms with Gasteiger partial charge in [-0.1, -0.05) is 0 Å². The van der Waals surface area contributed by atoms with Crippen molar-refractivity contribution in [2.45, 2.75) is 6.92 Å². The van der Waals surface area contributed by atoms with Gasteiger partial charge < -0.3 is 0 Å². The molecule has 0 aliphatic carbocycles. The van der Waals surface area contributed by atoms with Gasteiger partial charge in [-0.25, -0.2) is 0 Å². The molecule has 0 fully saturated rings. The first-order valence-corrected chi connectivity index (χ1v) is 14.2. The molecule has 5 heteroatoms. The standard InChI is InChI=1S/C28H24Cl2NOP/c1-22-17-19-23(20-18-22)28(32)31-27(21-29)33(30,24-11-5-2-6-12-24,25-13-7-3-8-14-25)26-15-9-4-10-16-26/h2-21H,1H3,(H,31,32)/b27-21+. The van der Waals surface area contributed by atoms with E-state index in [1.807, 2.05) is 110 Å². The molecule has 1 amide bonds. The first kappa shape index (κ1) is 23.3. The molecule has 0 spiro atoms. The first-order chi connectivity index (χ1) is 16.0. The molecule has 33 heavy (non-hydrogen) atoms. The van der Waals surface area contributed by atoms with E-state index in [0.29, 0.717) is 11.0 Å². The van der Waals surface area contributed by atoms with E-state index in [-0.39, 0.29) is 5.91 Å². The Morgan fingerprint density at radius 2 is 1.09 bits per heavy atom. The molecule has 0 bridgehead atoms. The van der Waals surface area contributed by atoms with Crippen molar-refractivity contribution in [2.24, 2.45) is 0 Å². The van der Waals surface area contributed by atoms with Crippen molar-refractivity contribution in [1.29, 1.82) is 0 Å². The molecule has 0 aromatic heterocycles. The Kier molecular flexibility index (Phi) is 6.72. The van der Waals surface area contributed by atoms with Crippen molar-refractivity contribution in [3.05, 3.63) is 137 Å². The van der Waals surface area contributed by atoms with Gasteiger partial charge in [0.15, 0.2) is 0 Å². The van der Waals surface area contributed by atoms with Crippen LogP contribution in [0.15, 0.2) is 126 Å². The zero-order valence-corrected chi connectivity index (χ0v) is 20.6. The molecule has 0 saturated heterocycles. The van der Waals surface area contributed by atoms with Crippen LogP contribution in [0.25, 0.3) is 0 Å². The number of benzene rings is 4. The number of carbonyl (C=O) groups is 1. The van der Waals surface area contributed by atoms with Crippen molar-refractivity contribution >= 4 is 50.6 Å². The summed E-state index contributed by atoms with van der Waals surface area (Å²) in [6.45, 7) is 1.98. The average molecular weight is 492 g/mol. The summed E-state index contributed by atoms with van der Waals surface area (Å²) >= 11 is 14.6. The van der Waals surface area contributed by atoms with Crippen molar-refractivity contribution in [3.8, 4) is 0 Å². The van der Waals surface area contributed by atoms with Gasteiger partial charge in [0.1, 0.15) is 0 Å². The van der Waals surface area contributed by atoms with Crippen molar-refractivity contribution in [1.82, 2.24) is 5.32 Å². The molecule has 4 rings (SSSR count). The Morgan fingerprint density at radius 1 is 0.697 bits per heavy atom. The van der Waals surface area contributed by atoms with Crippen LogP contribution in [0.1, 0.15) is 15.9 Å². The number of rotatable bonds is 6. The van der Waals surface area contributed by atoms with Crippen LogP contribution in [0.4, 0.5) is 0 Å². The van der Waals surface area contributed by atoms with E-state index in [1.54, 1.807) is 12.1 Å². The minimum atomic E-state index is -3.91.